The Morgan fingerprint density at radius 3 is 2.59 bits per heavy atom. The van der Waals surface area contributed by atoms with Gasteiger partial charge in [-0.25, -0.2) is 0 Å². The summed E-state index contributed by atoms with van der Waals surface area (Å²) in [6, 6.07) is 5.48. The molecule has 0 heterocycles. The van der Waals surface area contributed by atoms with Crippen LogP contribution in [0.25, 0.3) is 0 Å². The third-order valence-corrected chi connectivity index (χ3v) is 3.22. The van der Waals surface area contributed by atoms with Gasteiger partial charge in [0, 0.05) is 6.04 Å². The summed E-state index contributed by atoms with van der Waals surface area (Å²) in [6.07, 6.45) is 0. The maximum Gasteiger partial charge on any atom is 0.234 e. The van der Waals surface area contributed by atoms with E-state index in [1.54, 1.807) is 14.0 Å². The number of benzene rings is 1. The average molecular weight is 301 g/mol. The van der Waals surface area contributed by atoms with Crippen molar-refractivity contribution in [3.63, 3.8) is 0 Å². The second-order valence-corrected chi connectivity index (χ2v) is 4.76. The molecule has 0 saturated carbocycles. The van der Waals surface area contributed by atoms with Gasteiger partial charge in [0.05, 0.1) is 17.6 Å². The second-order valence-electron chi connectivity index (χ2n) is 3.91. The van der Waals surface area contributed by atoms with Crippen LogP contribution in [0, 0.1) is 0 Å². The molecule has 4 nitrogen and oxygen atoms in total. The molecule has 0 fully saturated rings. The fourth-order valence-corrected chi connectivity index (χ4v) is 2.06. The molecule has 0 aliphatic carbocycles. The average Bonchev–Trinajstić information content (AvgIpc) is 2.28. The highest BCUT2D eigenvalue weighted by molar-refractivity contribution is 9.10. The molecule has 1 aromatic carbocycles. The summed E-state index contributed by atoms with van der Waals surface area (Å²) in [5.41, 5.74) is 6.27. The van der Waals surface area contributed by atoms with Gasteiger partial charge in [0.15, 0.2) is 0 Å². The molecule has 1 rings (SSSR count). The predicted octanol–water partition coefficient (Wildman–Crippen LogP) is 1.98. The van der Waals surface area contributed by atoms with Crippen molar-refractivity contribution in [1.82, 2.24) is 5.32 Å². The van der Waals surface area contributed by atoms with Crippen LogP contribution in [0.4, 0.5) is 0 Å². The molecule has 0 aliphatic rings. The number of nitrogens with one attached hydrogen (secondary N) is 1. The van der Waals surface area contributed by atoms with Crippen LogP contribution in [0.1, 0.15) is 25.5 Å². The quantitative estimate of drug-likeness (QED) is 0.874. The first-order valence-corrected chi connectivity index (χ1v) is 6.13. The molecule has 0 spiro atoms. The number of halogens is 1. The zero-order valence-corrected chi connectivity index (χ0v) is 11.7. The highest BCUT2D eigenvalue weighted by Gasteiger charge is 2.14. The van der Waals surface area contributed by atoms with Crippen LogP contribution in [0.3, 0.4) is 0 Å². The minimum Gasteiger partial charge on any atom is -0.496 e. The van der Waals surface area contributed by atoms with Gasteiger partial charge in [0.2, 0.25) is 5.91 Å². The maximum atomic E-state index is 11.0. The smallest absolute Gasteiger partial charge is 0.234 e. The largest absolute Gasteiger partial charge is 0.496 e. The minimum atomic E-state index is -0.357. The van der Waals surface area contributed by atoms with E-state index in [1.807, 2.05) is 25.1 Å². The summed E-state index contributed by atoms with van der Waals surface area (Å²) in [5.74, 6) is 0.424. The van der Waals surface area contributed by atoms with Gasteiger partial charge in [-0.2, -0.15) is 0 Å². The third kappa shape index (κ3) is 3.71. The molecule has 0 saturated heterocycles. The Hall–Kier alpha value is -1.07. The topological polar surface area (TPSA) is 64.3 Å². The zero-order valence-electron chi connectivity index (χ0n) is 10.2. The molecule has 17 heavy (non-hydrogen) atoms. The Morgan fingerprint density at radius 1 is 1.47 bits per heavy atom. The van der Waals surface area contributed by atoms with E-state index in [4.69, 9.17) is 10.5 Å². The number of carbonyl (C=O) groups excluding carboxylic acids is 1. The number of carbonyl (C=O) groups is 1. The summed E-state index contributed by atoms with van der Waals surface area (Å²) in [6.45, 7) is 3.73. The van der Waals surface area contributed by atoms with Gasteiger partial charge in [-0.1, -0.05) is 6.07 Å². The van der Waals surface area contributed by atoms with Crippen LogP contribution in [0.5, 0.6) is 5.75 Å². The van der Waals surface area contributed by atoms with Crippen molar-refractivity contribution in [2.75, 3.05) is 7.11 Å². The van der Waals surface area contributed by atoms with Crippen molar-refractivity contribution < 1.29 is 9.53 Å². The molecule has 0 aliphatic heterocycles. The number of amides is 1. The van der Waals surface area contributed by atoms with Gasteiger partial charge in [0.25, 0.3) is 0 Å². The molecular formula is C12H17BrN2O2. The zero-order chi connectivity index (χ0) is 13.0. The SMILES string of the molecule is COc1ccc([C@H](C)N[C@@H](C)C(N)=O)cc1Br. The number of hydrogen-bond donors (Lipinski definition) is 2. The van der Waals surface area contributed by atoms with E-state index in [0.717, 1.165) is 15.8 Å². The summed E-state index contributed by atoms with van der Waals surface area (Å²) in [5, 5.41) is 3.12. The Labute approximate surface area is 110 Å². The van der Waals surface area contributed by atoms with Crippen LogP contribution in [-0.2, 0) is 4.79 Å². The van der Waals surface area contributed by atoms with Crippen LogP contribution in [0.2, 0.25) is 0 Å². The van der Waals surface area contributed by atoms with Crippen molar-refractivity contribution >= 4 is 21.8 Å². The molecule has 94 valence electrons. The van der Waals surface area contributed by atoms with E-state index in [0.29, 0.717) is 0 Å². The van der Waals surface area contributed by atoms with Crippen molar-refractivity contribution in [3.8, 4) is 5.75 Å². The van der Waals surface area contributed by atoms with E-state index >= 15 is 0 Å². The van der Waals surface area contributed by atoms with Gasteiger partial charge in [0.1, 0.15) is 5.75 Å². The molecule has 5 heteroatoms. The lowest BCUT2D eigenvalue weighted by Crippen LogP contribution is -2.39. The first-order chi connectivity index (χ1) is 7.95. The molecule has 3 N–H and O–H groups in total. The van der Waals surface area contributed by atoms with Crippen molar-refractivity contribution in [2.24, 2.45) is 5.73 Å². The Morgan fingerprint density at radius 2 is 2.12 bits per heavy atom. The van der Waals surface area contributed by atoms with E-state index in [9.17, 15) is 4.79 Å². The Balaban J connectivity index is 2.79. The van der Waals surface area contributed by atoms with Crippen molar-refractivity contribution in [3.05, 3.63) is 28.2 Å². The van der Waals surface area contributed by atoms with Crippen LogP contribution >= 0.6 is 15.9 Å². The Bertz CT molecular complexity index is 409. The van der Waals surface area contributed by atoms with Crippen LogP contribution < -0.4 is 15.8 Å². The number of methoxy groups -OCH3 is 1. The number of rotatable bonds is 5. The molecule has 0 aromatic heterocycles. The molecule has 2 atom stereocenters. The second kappa shape index (κ2) is 6.02. The lowest BCUT2D eigenvalue weighted by atomic mass is 10.1. The van der Waals surface area contributed by atoms with E-state index in [2.05, 4.69) is 21.2 Å². The third-order valence-electron chi connectivity index (χ3n) is 2.60. The van der Waals surface area contributed by atoms with Crippen LogP contribution in [-0.4, -0.2) is 19.1 Å². The fourth-order valence-electron chi connectivity index (χ4n) is 1.51. The van der Waals surface area contributed by atoms with E-state index < -0.39 is 0 Å². The Kier molecular flexibility index (Phi) is 4.96. The van der Waals surface area contributed by atoms with Gasteiger partial charge >= 0.3 is 0 Å². The van der Waals surface area contributed by atoms with Gasteiger partial charge < -0.3 is 10.5 Å². The standard InChI is InChI=1S/C12H17BrN2O2/c1-7(15-8(2)12(14)16)9-4-5-11(17-3)10(13)6-9/h4-8,15H,1-3H3,(H2,14,16)/t7-,8-/m0/s1. The predicted molar refractivity (Wildman–Crippen MR) is 70.9 cm³/mol. The first kappa shape index (κ1) is 14.0. The molecular weight excluding hydrogens is 284 g/mol. The van der Waals surface area contributed by atoms with Crippen LogP contribution in [0.15, 0.2) is 22.7 Å². The van der Waals surface area contributed by atoms with E-state index in [1.165, 1.54) is 0 Å². The lowest BCUT2D eigenvalue weighted by Gasteiger charge is -2.18. The normalized spacial score (nSPS) is 14.1. The highest BCUT2D eigenvalue weighted by Crippen LogP contribution is 2.28. The molecule has 1 amide bonds. The van der Waals surface area contributed by atoms with E-state index in [-0.39, 0.29) is 18.0 Å². The summed E-state index contributed by atoms with van der Waals surface area (Å²) in [4.78, 5) is 11.0. The first-order valence-electron chi connectivity index (χ1n) is 5.34. The number of hydrogen-bond acceptors (Lipinski definition) is 3. The number of ether oxygens (including phenoxy) is 1. The monoisotopic (exact) mass is 300 g/mol. The fraction of sp³-hybridized carbons (Fsp3) is 0.417. The lowest BCUT2D eigenvalue weighted by molar-refractivity contribution is -0.119. The molecule has 0 unspecified atom stereocenters. The molecule has 0 radical (unpaired) electrons. The van der Waals surface area contributed by atoms with Gasteiger partial charge in [-0.3, -0.25) is 10.1 Å². The summed E-state index contributed by atoms with van der Waals surface area (Å²) in [7, 11) is 1.62. The number of primary amides is 1. The molecule has 1 aromatic rings. The van der Waals surface area contributed by atoms with Crippen molar-refractivity contribution in [2.45, 2.75) is 25.9 Å². The number of nitrogens with two attached hydrogens (primary N) is 1. The summed E-state index contributed by atoms with van der Waals surface area (Å²) >= 11 is 3.43. The van der Waals surface area contributed by atoms with Gasteiger partial charge in [-0.05, 0) is 47.5 Å². The maximum absolute atomic E-state index is 11.0. The van der Waals surface area contributed by atoms with Crippen molar-refractivity contribution in [1.29, 1.82) is 0 Å². The van der Waals surface area contributed by atoms with Gasteiger partial charge in [-0.15, -0.1) is 0 Å². The molecule has 0 bridgehead atoms. The highest BCUT2D eigenvalue weighted by atomic mass is 79.9. The minimum absolute atomic E-state index is 0.0414. The summed E-state index contributed by atoms with van der Waals surface area (Å²) < 4.78 is 6.04.